The summed E-state index contributed by atoms with van der Waals surface area (Å²) < 4.78 is 0. The largest absolute Gasteiger partial charge is 0.395 e. The Morgan fingerprint density at radius 1 is 1.35 bits per heavy atom. The zero-order valence-electron chi connectivity index (χ0n) is 10.5. The van der Waals surface area contributed by atoms with Crippen molar-refractivity contribution < 1.29 is 9.90 Å². The molecule has 98 valence electrons. The number of urea groups is 1. The number of carbonyl (C=O) groups is 1. The van der Waals surface area contributed by atoms with E-state index in [1.54, 1.807) is 11.0 Å². The Labute approximate surface area is 104 Å². The summed E-state index contributed by atoms with van der Waals surface area (Å²) in [6.07, 6.45) is 8.79. The fraction of sp³-hybridized carbons (Fsp3) is 0.769. The molecule has 0 bridgehead atoms. The Kier molecular flexibility index (Phi) is 6.70. The highest BCUT2D eigenvalue weighted by Gasteiger charge is 2.17. The van der Waals surface area contributed by atoms with Gasteiger partial charge in [0.25, 0.3) is 0 Å². The van der Waals surface area contributed by atoms with Crippen molar-refractivity contribution in [3.63, 3.8) is 0 Å². The highest BCUT2D eigenvalue weighted by molar-refractivity contribution is 5.74. The Hall–Kier alpha value is -1.03. The summed E-state index contributed by atoms with van der Waals surface area (Å²) in [5, 5.41) is 12.0. The molecule has 1 rings (SSSR count). The van der Waals surface area contributed by atoms with Crippen LogP contribution in [0.3, 0.4) is 0 Å². The molecule has 0 aromatic heterocycles. The molecule has 0 aromatic carbocycles. The first-order valence-electron chi connectivity index (χ1n) is 6.55. The van der Waals surface area contributed by atoms with Crippen LogP contribution in [0.25, 0.3) is 0 Å². The number of hydrogen-bond acceptors (Lipinski definition) is 2. The first kappa shape index (κ1) is 14.0. The number of nitrogens with zero attached hydrogens (tertiary/aromatic N) is 1. The van der Waals surface area contributed by atoms with E-state index >= 15 is 0 Å². The lowest BCUT2D eigenvalue weighted by molar-refractivity contribution is 0.179. The molecule has 1 saturated carbocycles. The van der Waals surface area contributed by atoms with E-state index in [9.17, 15) is 4.79 Å². The van der Waals surface area contributed by atoms with Crippen LogP contribution in [0.5, 0.6) is 0 Å². The number of amides is 2. The van der Waals surface area contributed by atoms with Crippen LogP contribution in [0.1, 0.15) is 38.5 Å². The molecule has 0 unspecified atom stereocenters. The summed E-state index contributed by atoms with van der Waals surface area (Å²) in [7, 11) is 0. The Bertz CT molecular complexity index is 236. The van der Waals surface area contributed by atoms with Gasteiger partial charge in [-0.2, -0.15) is 0 Å². The smallest absolute Gasteiger partial charge is 0.317 e. The van der Waals surface area contributed by atoms with Gasteiger partial charge in [-0.3, -0.25) is 0 Å². The Morgan fingerprint density at radius 3 is 2.53 bits per heavy atom. The molecule has 17 heavy (non-hydrogen) atoms. The van der Waals surface area contributed by atoms with Crippen molar-refractivity contribution in [1.82, 2.24) is 10.2 Å². The second-order valence-electron chi connectivity index (χ2n) is 4.60. The lowest BCUT2D eigenvalue weighted by atomic mass is 10.1. The third-order valence-corrected chi connectivity index (χ3v) is 3.19. The zero-order chi connectivity index (χ0) is 12.5. The van der Waals surface area contributed by atoms with Gasteiger partial charge in [-0.05, 0) is 12.8 Å². The molecule has 0 aromatic rings. The number of aliphatic hydroxyl groups excluding tert-OH is 1. The predicted octanol–water partition coefficient (Wildman–Crippen LogP) is 1.90. The minimum absolute atomic E-state index is 0.00801. The molecular formula is C13H24N2O2. The average Bonchev–Trinajstić information content (AvgIpc) is 2.57. The lowest BCUT2D eigenvalue weighted by Gasteiger charge is -2.24. The van der Waals surface area contributed by atoms with Gasteiger partial charge >= 0.3 is 6.03 Å². The van der Waals surface area contributed by atoms with Crippen LogP contribution >= 0.6 is 0 Å². The van der Waals surface area contributed by atoms with Gasteiger partial charge in [-0.15, -0.1) is 6.58 Å². The van der Waals surface area contributed by atoms with Gasteiger partial charge in [0.1, 0.15) is 0 Å². The topological polar surface area (TPSA) is 52.6 Å². The van der Waals surface area contributed by atoms with Crippen molar-refractivity contribution in [3.05, 3.63) is 12.7 Å². The molecule has 4 nitrogen and oxygen atoms in total. The minimum atomic E-state index is -0.0779. The predicted molar refractivity (Wildman–Crippen MR) is 68.9 cm³/mol. The maximum Gasteiger partial charge on any atom is 0.317 e. The van der Waals surface area contributed by atoms with Crippen molar-refractivity contribution in [2.45, 2.75) is 44.6 Å². The molecule has 0 spiro atoms. The first-order chi connectivity index (χ1) is 8.27. The second-order valence-corrected chi connectivity index (χ2v) is 4.60. The maximum absolute atomic E-state index is 12.0. The molecule has 0 radical (unpaired) electrons. The summed E-state index contributed by atoms with van der Waals surface area (Å²) in [4.78, 5) is 13.6. The molecule has 2 N–H and O–H groups in total. The van der Waals surface area contributed by atoms with Gasteiger partial charge in [-0.25, -0.2) is 4.79 Å². The van der Waals surface area contributed by atoms with Crippen LogP contribution in [-0.4, -0.2) is 41.8 Å². The second kappa shape index (κ2) is 8.12. The van der Waals surface area contributed by atoms with Gasteiger partial charge in [0.2, 0.25) is 0 Å². The number of hydrogen-bond donors (Lipinski definition) is 2. The number of nitrogens with one attached hydrogen (secondary N) is 1. The van der Waals surface area contributed by atoms with E-state index < -0.39 is 0 Å². The molecule has 1 aliphatic rings. The van der Waals surface area contributed by atoms with E-state index in [0.717, 1.165) is 12.8 Å². The van der Waals surface area contributed by atoms with E-state index in [4.69, 9.17) is 5.11 Å². The van der Waals surface area contributed by atoms with Crippen molar-refractivity contribution in [1.29, 1.82) is 0 Å². The molecular weight excluding hydrogens is 216 g/mol. The molecule has 1 aliphatic carbocycles. The summed E-state index contributed by atoms with van der Waals surface area (Å²) >= 11 is 0. The van der Waals surface area contributed by atoms with Crippen molar-refractivity contribution in [3.8, 4) is 0 Å². The molecule has 0 heterocycles. The van der Waals surface area contributed by atoms with Crippen LogP contribution in [-0.2, 0) is 0 Å². The molecule has 1 fully saturated rings. The van der Waals surface area contributed by atoms with Crippen molar-refractivity contribution in [2.24, 2.45) is 0 Å². The van der Waals surface area contributed by atoms with Gasteiger partial charge in [0, 0.05) is 19.1 Å². The van der Waals surface area contributed by atoms with E-state index in [1.165, 1.54) is 25.7 Å². The van der Waals surface area contributed by atoms with Crippen LogP contribution in [0, 0.1) is 0 Å². The van der Waals surface area contributed by atoms with Crippen LogP contribution < -0.4 is 5.32 Å². The summed E-state index contributed by atoms with van der Waals surface area (Å²) in [5.41, 5.74) is 0. The third kappa shape index (κ3) is 5.22. The van der Waals surface area contributed by atoms with Crippen molar-refractivity contribution >= 4 is 6.03 Å². The fourth-order valence-corrected chi connectivity index (χ4v) is 2.24. The highest BCUT2D eigenvalue weighted by Crippen LogP contribution is 2.17. The quantitative estimate of drug-likeness (QED) is 0.569. The van der Waals surface area contributed by atoms with Gasteiger partial charge < -0.3 is 15.3 Å². The fourth-order valence-electron chi connectivity index (χ4n) is 2.24. The number of rotatable bonds is 5. The highest BCUT2D eigenvalue weighted by atomic mass is 16.3. The van der Waals surface area contributed by atoms with Gasteiger partial charge in [0.05, 0.1) is 6.61 Å². The van der Waals surface area contributed by atoms with E-state index in [-0.39, 0.29) is 12.6 Å². The molecule has 4 heteroatoms. The Morgan fingerprint density at radius 2 is 2.00 bits per heavy atom. The molecule has 0 saturated heterocycles. The van der Waals surface area contributed by atoms with E-state index in [0.29, 0.717) is 19.1 Å². The van der Waals surface area contributed by atoms with E-state index in [2.05, 4.69) is 11.9 Å². The first-order valence-corrected chi connectivity index (χ1v) is 6.55. The summed E-state index contributed by atoms with van der Waals surface area (Å²) in [6.45, 7) is 4.47. The zero-order valence-corrected chi connectivity index (χ0v) is 10.5. The SMILES string of the molecule is C=CCN(CCO)C(=O)NC1CCCCCC1. The lowest BCUT2D eigenvalue weighted by Crippen LogP contribution is -2.45. The number of aliphatic hydroxyl groups is 1. The molecule has 0 atom stereocenters. The number of carbonyl (C=O) groups excluding carboxylic acids is 1. The summed E-state index contributed by atoms with van der Waals surface area (Å²) in [6, 6.07) is 0.224. The van der Waals surface area contributed by atoms with Crippen LogP contribution in [0.2, 0.25) is 0 Å². The Balaban J connectivity index is 2.40. The normalized spacial score (nSPS) is 17.2. The van der Waals surface area contributed by atoms with Gasteiger partial charge in [-0.1, -0.05) is 31.8 Å². The minimum Gasteiger partial charge on any atom is -0.395 e. The standard InChI is InChI=1S/C13H24N2O2/c1-2-9-15(10-11-16)13(17)14-12-7-5-3-4-6-8-12/h2,12,16H,1,3-11H2,(H,14,17). The maximum atomic E-state index is 12.0. The average molecular weight is 240 g/mol. The van der Waals surface area contributed by atoms with Crippen LogP contribution in [0.15, 0.2) is 12.7 Å². The molecule has 0 aliphatic heterocycles. The summed E-state index contributed by atoms with van der Waals surface area (Å²) in [5.74, 6) is 0. The monoisotopic (exact) mass is 240 g/mol. The van der Waals surface area contributed by atoms with Crippen LogP contribution in [0.4, 0.5) is 4.79 Å². The van der Waals surface area contributed by atoms with Crippen molar-refractivity contribution in [2.75, 3.05) is 19.7 Å². The third-order valence-electron chi connectivity index (χ3n) is 3.19. The molecule has 2 amide bonds. The van der Waals surface area contributed by atoms with Gasteiger partial charge in [0.15, 0.2) is 0 Å². The van der Waals surface area contributed by atoms with E-state index in [1.807, 2.05) is 0 Å².